The molecule has 1 N–H and O–H groups in total. The highest BCUT2D eigenvalue weighted by Crippen LogP contribution is 2.30. The fraction of sp³-hybridized carbons (Fsp3) is 0.105. The Morgan fingerprint density at radius 1 is 1.12 bits per heavy atom. The molecule has 2 aromatic carbocycles. The van der Waals surface area contributed by atoms with Crippen molar-refractivity contribution in [3.8, 4) is 0 Å². The highest BCUT2D eigenvalue weighted by molar-refractivity contribution is 8.00. The van der Waals surface area contributed by atoms with E-state index in [2.05, 4.69) is 21.4 Å². The molecule has 25 heavy (non-hydrogen) atoms. The Balaban J connectivity index is 1.50. The Hall–Kier alpha value is -2.44. The lowest BCUT2D eigenvalue weighted by Gasteiger charge is -2.12. The highest BCUT2D eigenvalue weighted by Gasteiger charge is 2.17. The van der Waals surface area contributed by atoms with E-state index >= 15 is 0 Å². The van der Waals surface area contributed by atoms with E-state index in [1.165, 1.54) is 11.8 Å². The fourth-order valence-electron chi connectivity index (χ4n) is 2.59. The summed E-state index contributed by atoms with van der Waals surface area (Å²) in [6.07, 6.45) is 1.55. The zero-order valence-electron chi connectivity index (χ0n) is 13.5. The third-order valence-electron chi connectivity index (χ3n) is 3.90. The molecule has 2 heterocycles. The van der Waals surface area contributed by atoms with E-state index in [0.717, 1.165) is 31.7 Å². The van der Waals surface area contributed by atoms with Gasteiger partial charge in [0.05, 0.1) is 5.25 Å². The number of carbonyl (C=O) groups is 1. The van der Waals surface area contributed by atoms with Crippen molar-refractivity contribution >= 4 is 55.7 Å². The lowest BCUT2D eigenvalue weighted by molar-refractivity contribution is -0.115. The SMILES string of the molecule is C[C@H](Sc1ncnc2sccc12)C(=O)Nc1ccc2ccccc2c1. The van der Waals surface area contributed by atoms with E-state index in [4.69, 9.17) is 0 Å². The largest absolute Gasteiger partial charge is 0.325 e. The normalized spacial score (nSPS) is 12.4. The zero-order chi connectivity index (χ0) is 17.2. The summed E-state index contributed by atoms with van der Waals surface area (Å²) in [7, 11) is 0. The summed E-state index contributed by atoms with van der Waals surface area (Å²) in [5.74, 6) is -0.0396. The smallest absolute Gasteiger partial charge is 0.237 e. The number of thiophene rings is 1. The summed E-state index contributed by atoms with van der Waals surface area (Å²) in [6, 6.07) is 16.0. The lowest BCUT2D eigenvalue weighted by atomic mass is 10.1. The van der Waals surface area contributed by atoms with Crippen LogP contribution in [0.2, 0.25) is 0 Å². The molecule has 1 atom stereocenters. The van der Waals surface area contributed by atoms with E-state index in [9.17, 15) is 4.79 Å². The molecule has 0 fully saturated rings. The van der Waals surface area contributed by atoms with E-state index in [1.807, 2.05) is 54.8 Å². The van der Waals surface area contributed by atoms with Crippen LogP contribution < -0.4 is 5.32 Å². The summed E-state index contributed by atoms with van der Waals surface area (Å²) >= 11 is 3.03. The van der Waals surface area contributed by atoms with Crippen LogP contribution >= 0.6 is 23.1 Å². The number of aromatic nitrogens is 2. The summed E-state index contributed by atoms with van der Waals surface area (Å²) in [6.45, 7) is 1.89. The van der Waals surface area contributed by atoms with E-state index in [-0.39, 0.29) is 11.2 Å². The zero-order valence-corrected chi connectivity index (χ0v) is 15.1. The topological polar surface area (TPSA) is 54.9 Å². The molecule has 0 spiro atoms. The van der Waals surface area contributed by atoms with Crippen LogP contribution in [-0.4, -0.2) is 21.1 Å². The molecule has 0 saturated heterocycles. The van der Waals surface area contributed by atoms with Crippen LogP contribution in [-0.2, 0) is 4.79 Å². The Bertz CT molecular complexity index is 1060. The number of anilines is 1. The van der Waals surface area contributed by atoms with Crippen LogP contribution in [0, 0.1) is 0 Å². The molecule has 0 aliphatic carbocycles. The van der Waals surface area contributed by atoms with Gasteiger partial charge in [-0.2, -0.15) is 0 Å². The van der Waals surface area contributed by atoms with Crippen molar-refractivity contribution in [1.29, 1.82) is 0 Å². The van der Waals surface area contributed by atoms with Gasteiger partial charge in [0.1, 0.15) is 16.2 Å². The standard InChI is InChI=1S/C19H15N3OS2/c1-12(25-19-16-8-9-24-18(16)20-11-21-19)17(23)22-15-7-6-13-4-2-3-5-14(13)10-15/h2-12H,1H3,(H,22,23)/t12-/m0/s1. The van der Waals surface area contributed by atoms with Crippen molar-refractivity contribution in [3.05, 3.63) is 60.2 Å². The van der Waals surface area contributed by atoms with E-state index in [0.29, 0.717) is 0 Å². The predicted octanol–water partition coefficient (Wildman–Crippen LogP) is 4.96. The summed E-state index contributed by atoms with van der Waals surface area (Å²) in [5, 5.41) is 8.83. The number of nitrogens with one attached hydrogen (secondary N) is 1. The first-order valence-electron chi connectivity index (χ1n) is 7.85. The minimum Gasteiger partial charge on any atom is -0.325 e. The molecule has 0 bridgehead atoms. The van der Waals surface area contributed by atoms with Crippen molar-refractivity contribution in [2.24, 2.45) is 0 Å². The molecule has 4 aromatic rings. The maximum atomic E-state index is 12.6. The number of carbonyl (C=O) groups excluding carboxylic acids is 1. The second-order valence-corrected chi connectivity index (χ2v) is 7.85. The molecule has 0 unspecified atom stereocenters. The van der Waals surface area contributed by atoms with Gasteiger partial charge in [0, 0.05) is 11.1 Å². The van der Waals surface area contributed by atoms with Gasteiger partial charge in [0.15, 0.2) is 0 Å². The van der Waals surface area contributed by atoms with Crippen molar-refractivity contribution in [2.45, 2.75) is 17.2 Å². The molecular weight excluding hydrogens is 350 g/mol. The maximum Gasteiger partial charge on any atom is 0.237 e. The van der Waals surface area contributed by atoms with Gasteiger partial charge < -0.3 is 5.32 Å². The molecule has 4 rings (SSSR count). The van der Waals surface area contributed by atoms with Crippen molar-refractivity contribution in [1.82, 2.24) is 9.97 Å². The first-order valence-corrected chi connectivity index (χ1v) is 9.61. The van der Waals surface area contributed by atoms with Gasteiger partial charge >= 0.3 is 0 Å². The monoisotopic (exact) mass is 365 g/mol. The van der Waals surface area contributed by atoms with Crippen LogP contribution in [0.4, 0.5) is 5.69 Å². The Morgan fingerprint density at radius 3 is 2.84 bits per heavy atom. The van der Waals surface area contributed by atoms with Gasteiger partial charge in [0.25, 0.3) is 0 Å². The number of benzene rings is 2. The number of thioether (sulfide) groups is 1. The molecule has 1 amide bonds. The average molecular weight is 365 g/mol. The van der Waals surface area contributed by atoms with Crippen LogP contribution in [0.15, 0.2) is 65.3 Å². The average Bonchev–Trinajstić information content (AvgIpc) is 3.11. The minimum absolute atomic E-state index is 0.0396. The van der Waals surface area contributed by atoms with Gasteiger partial charge in [-0.25, -0.2) is 9.97 Å². The van der Waals surface area contributed by atoms with Gasteiger partial charge in [-0.05, 0) is 41.3 Å². The molecule has 2 aromatic heterocycles. The van der Waals surface area contributed by atoms with Crippen molar-refractivity contribution in [3.63, 3.8) is 0 Å². The molecule has 124 valence electrons. The first-order chi connectivity index (χ1) is 12.2. The summed E-state index contributed by atoms with van der Waals surface area (Å²) in [5.41, 5.74) is 0.805. The fourth-order valence-corrected chi connectivity index (χ4v) is 4.29. The summed E-state index contributed by atoms with van der Waals surface area (Å²) < 4.78 is 0. The van der Waals surface area contributed by atoms with E-state index in [1.54, 1.807) is 17.7 Å². The molecule has 0 radical (unpaired) electrons. The van der Waals surface area contributed by atoms with Crippen LogP contribution in [0.5, 0.6) is 0 Å². The molecular formula is C19H15N3OS2. The maximum absolute atomic E-state index is 12.6. The molecule has 0 aliphatic heterocycles. The molecule has 0 aliphatic rings. The van der Waals surface area contributed by atoms with Crippen LogP contribution in [0.25, 0.3) is 21.0 Å². The van der Waals surface area contributed by atoms with Crippen molar-refractivity contribution in [2.75, 3.05) is 5.32 Å². The van der Waals surface area contributed by atoms with Gasteiger partial charge in [-0.1, -0.05) is 42.1 Å². The second kappa shape index (κ2) is 6.82. The molecule has 4 nitrogen and oxygen atoms in total. The number of fused-ring (bicyclic) bond motifs is 2. The Labute approximate surface area is 153 Å². The number of nitrogens with zero attached hydrogens (tertiary/aromatic N) is 2. The number of rotatable bonds is 4. The van der Waals surface area contributed by atoms with Gasteiger partial charge in [0.2, 0.25) is 5.91 Å². The molecule has 0 saturated carbocycles. The van der Waals surface area contributed by atoms with Gasteiger partial charge in [-0.15, -0.1) is 11.3 Å². The third-order valence-corrected chi connectivity index (χ3v) is 5.84. The highest BCUT2D eigenvalue weighted by atomic mass is 32.2. The lowest BCUT2D eigenvalue weighted by Crippen LogP contribution is -2.22. The number of hydrogen-bond acceptors (Lipinski definition) is 5. The predicted molar refractivity (Wildman–Crippen MR) is 105 cm³/mol. The van der Waals surface area contributed by atoms with Crippen molar-refractivity contribution < 1.29 is 4.79 Å². The van der Waals surface area contributed by atoms with Gasteiger partial charge in [-0.3, -0.25) is 4.79 Å². The number of amides is 1. The second-order valence-electron chi connectivity index (χ2n) is 5.63. The number of hydrogen-bond donors (Lipinski definition) is 1. The first kappa shape index (κ1) is 16.1. The minimum atomic E-state index is -0.260. The van der Waals surface area contributed by atoms with Crippen LogP contribution in [0.3, 0.4) is 0 Å². The molecule has 6 heteroatoms. The van der Waals surface area contributed by atoms with Crippen LogP contribution in [0.1, 0.15) is 6.92 Å². The Kier molecular flexibility index (Phi) is 4.38. The summed E-state index contributed by atoms with van der Waals surface area (Å²) in [4.78, 5) is 22.1. The van der Waals surface area contributed by atoms with E-state index < -0.39 is 0 Å². The third kappa shape index (κ3) is 3.36. The quantitative estimate of drug-likeness (QED) is 0.410. The Morgan fingerprint density at radius 2 is 1.96 bits per heavy atom.